The smallest absolute Gasteiger partial charge is 0.407 e. The van der Waals surface area contributed by atoms with Crippen molar-refractivity contribution in [1.82, 2.24) is 10.6 Å². The molecule has 132 heavy (non-hydrogen) atoms. The Kier molecular flexibility index (Phi) is 41.5. The third-order valence-corrected chi connectivity index (χ3v) is 38.4. The van der Waals surface area contributed by atoms with E-state index in [1.54, 1.807) is 42.3 Å². The van der Waals surface area contributed by atoms with Crippen molar-refractivity contribution in [3.63, 3.8) is 0 Å². The van der Waals surface area contributed by atoms with Gasteiger partial charge >= 0.3 is 30.1 Å². The van der Waals surface area contributed by atoms with Gasteiger partial charge in [0.15, 0.2) is 0 Å². The predicted octanol–water partition coefficient (Wildman–Crippen LogP) is 27.5. The SMILES string of the molecule is CCC(C)C(=O)ONc1ccc(C(=O)OCCOCCOCCOCCOCCOC2CCC3(C)C(=CCC4C3CCC3(C)C(C(C)CCCC(C)C)CCC43)C2)cc1.CCC(C)OC(=O)CCC(C)C1CCC2C3CCC4CCCCC4(C)C3CCC12C.CCC(C)OC(=O)NCCCCNC(=O)OC1CCC2(C)C(=CCC3C2CCC2(C)C(C(C)CCCC(C)C)CCC32)C1. The molecule has 1 aromatic rings. The van der Waals surface area contributed by atoms with Crippen molar-refractivity contribution in [3.05, 3.63) is 53.1 Å². The number of allylic oxidation sites excluding steroid dienone is 2. The second kappa shape index (κ2) is 50.9. The maximum Gasteiger partial charge on any atom is 0.407 e. The number of fused-ring (bicyclic) bond motifs is 15. The molecule has 0 saturated heterocycles. The molecular weight excluding hydrogens is 1650 g/mol. The van der Waals surface area contributed by atoms with Crippen molar-refractivity contribution in [1.29, 1.82) is 0 Å². The van der Waals surface area contributed by atoms with Crippen LogP contribution < -0.4 is 16.1 Å². The van der Waals surface area contributed by atoms with E-state index in [2.05, 4.69) is 125 Å². The van der Waals surface area contributed by atoms with Crippen molar-refractivity contribution in [2.45, 2.75) is 406 Å². The van der Waals surface area contributed by atoms with Gasteiger partial charge in [-0.05, 0) is 363 Å². The summed E-state index contributed by atoms with van der Waals surface area (Å²) < 4.78 is 50.8. The van der Waals surface area contributed by atoms with E-state index in [4.69, 9.17) is 47.5 Å². The lowest BCUT2D eigenvalue weighted by Gasteiger charge is -2.61. The highest BCUT2D eigenvalue weighted by Gasteiger charge is 2.63. The Balaban J connectivity index is 0.000000202. The van der Waals surface area contributed by atoms with Gasteiger partial charge in [-0.25, -0.2) is 24.7 Å². The van der Waals surface area contributed by atoms with Crippen LogP contribution in [0.1, 0.15) is 392 Å². The topological polar surface area (TPSA) is 214 Å². The van der Waals surface area contributed by atoms with Gasteiger partial charge < -0.3 is 58.1 Å². The van der Waals surface area contributed by atoms with E-state index in [-0.39, 0.29) is 67.0 Å². The molecule has 10 fully saturated rings. The normalized spacial score (nSPS) is 34.3. The first-order chi connectivity index (χ1) is 63.2. The minimum Gasteiger partial charge on any atom is -0.463 e. The van der Waals surface area contributed by atoms with Crippen molar-refractivity contribution in [2.75, 3.05) is 84.6 Å². The lowest BCUT2D eigenvalue weighted by atomic mass is 9.44. The third kappa shape index (κ3) is 27.5. The number of hydrogen-bond donors (Lipinski definition) is 3. The van der Waals surface area contributed by atoms with Crippen LogP contribution in [-0.4, -0.2) is 134 Å². The van der Waals surface area contributed by atoms with Gasteiger partial charge in [-0.15, -0.1) is 0 Å². The van der Waals surface area contributed by atoms with Crippen molar-refractivity contribution in [2.24, 2.45) is 145 Å². The number of carbonyl (C=O) groups is 5. The van der Waals surface area contributed by atoms with Crippen LogP contribution in [0, 0.1) is 145 Å². The van der Waals surface area contributed by atoms with Crippen molar-refractivity contribution in [3.8, 4) is 0 Å². The first-order valence-corrected chi connectivity index (χ1v) is 54.9. The van der Waals surface area contributed by atoms with E-state index >= 15 is 0 Å². The van der Waals surface area contributed by atoms with E-state index < -0.39 is 5.97 Å². The Morgan fingerprint density at radius 2 is 0.879 bits per heavy atom. The first-order valence-electron chi connectivity index (χ1n) is 54.9. The fourth-order valence-electron chi connectivity index (χ4n) is 30.2. The third-order valence-electron chi connectivity index (χ3n) is 38.4. The summed E-state index contributed by atoms with van der Waals surface area (Å²) in [6.45, 7) is 50.1. The number of anilines is 1. The molecule has 0 bridgehead atoms. The summed E-state index contributed by atoms with van der Waals surface area (Å²) in [5, 5.41) is 5.69. The molecule has 1 aromatic carbocycles. The molecule has 27 atom stereocenters. The van der Waals surface area contributed by atoms with Crippen LogP contribution in [0.2, 0.25) is 0 Å². The lowest BCUT2D eigenvalue weighted by Crippen LogP contribution is -2.53. The molecule has 18 nitrogen and oxygen atoms in total. The van der Waals surface area contributed by atoms with E-state index in [1.807, 2.05) is 27.7 Å². The van der Waals surface area contributed by atoms with Gasteiger partial charge in [-0.1, -0.05) is 192 Å². The minimum atomic E-state index is -0.450. The standard InChI is InChI=1S/C49H79NO9.C37H64N2O4.C28H48O2/c1-8-36(4)46(51)59-50-40-15-12-38(13-16-40)47(52)58-33-31-56-29-27-54-25-24-53-26-28-55-30-32-57-41-20-22-48(6)39(34-41)14-17-42-44-19-18-43(37(5)11-9-10-35(2)3)49(44,7)23-21-45(42)48;1-8-27(5)42-34(40)38-22-9-10-23-39-35(41)43-29-18-20-36(6)28(24-29)14-15-30-32-17-16-31(26(4)13-11-12-25(2)3)37(32,7)21-19-33(30)36;1-6-20(3)30-26(29)15-10-19(2)23-13-14-24-22-12-11-21-9-7-8-17-27(21,4)25(22)16-18-28(23,24)5/h12-16,35-37,41-45,50H,8-11,17-34H2,1-7H3;14,25-27,29-33H,8-13,15-24H2,1-7H3,(H,38,40)(H,39,41);19-25H,6-18H2,1-5H3. The number of rotatable bonds is 45. The maximum absolute atomic E-state index is 12.6. The molecule has 752 valence electrons. The summed E-state index contributed by atoms with van der Waals surface area (Å²) in [5.74, 6) is 14.7. The fourth-order valence-corrected chi connectivity index (χ4v) is 30.2. The molecule has 3 N–H and O–H groups in total. The van der Waals surface area contributed by atoms with E-state index in [0.717, 1.165) is 165 Å². The van der Waals surface area contributed by atoms with E-state index in [0.29, 0.717) is 129 Å². The number of hydrogen-bond acceptors (Lipinski definition) is 16. The molecule has 2 amide bonds. The monoisotopic (exact) mass is 1840 g/mol. The highest BCUT2D eigenvalue weighted by molar-refractivity contribution is 5.89. The zero-order chi connectivity index (χ0) is 95.0. The van der Waals surface area contributed by atoms with Crippen molar-refractivity contribution < 1.29 is 71.4 Å². The second-order valence-electron chi connectivity index (χ2n) is 47.1. The molecule has 0 radical (unpaired) electrons. The molecule has 0 heterocycles. The fraction of sp³-hybridized carbons (Fsp3) is 0.868. The molecule has 0 aliphatic heterocycles. The van der Waals surface area contributed by atoms with Gasteiger partial charge in [0.1, 0.15) is 18.8 Å². The molecule has 27 unspecified atom stereocenters. The van der Waals surface area contributed by atoms with Crippen molar-refractivity contribution >= 4 is 35.8 Å². The van der Waals surface area contributed by atoms with Crippen LogP contribution in [0.15, 0.2) is 47.6 Å². The Hall–Kier alpha value is -4.75. The first kappa shape index (κ1) is 108. The van der Waals surface area contributed by atoms with Gasteiger partial charge in [0.05, 0.1) is 88.8 Å². The summed E-state index contributed by atoms with van der Waals surface area (Å²) in [5.41, 5.74) is 9.67. The van der Waals surface area contributed by atoms with Crippen LogP contribution in [-0.2, 0) is 57.1 Å². The minimum absolute atomic E-state index is 0.0168. The maximum atomic E-state index is 12.6. The zero-order valence-electron chi connectivity index (χ0n) is 86.9. The number of nitrogens with one attached hydrogen (secondary N) is 3. The second-order valence-corrected chi connectivity index (χ2v) is 47.1. The number of benzene rings is 1. The summed E-state index contributed by atoms with van der Waals surface area (Å²) in [6.07, 6.45) is 54.0. The summed E-state index contributed by atoms with van der Waals surface area (Å²) in [6, 6.07) is 6.51. The van der Waals surface area contributed by atoms with Gasteiger partial charge in [-0.3, -0.25) is 4.79 Å². The molecule has 18 heteroatoms. The van der Waals surface area contributed by atoms with Gasteiger partial charge in [-0.2, -0.15) is 0 Å². The van der Waals surface area contributed by atoms with Gasteiger partial charge in [0.25, 0.3) is 0 Å². The van der Waals surface area contributed by atoms with Crippen LogP contribution in [0.5, 0.6) is 0 Å². The number of carbonyl (C=O) groups excluding carboxylic acids is 5. The van der Waals surface area contributed by atoms with Gasteiger partial charge in [0.2, 0.25) is 0 Å². The Morgan fingerprint density at radius 1 is 0.417 bits per heavy atom. The number of unbranched alkanes of at least 4 members (excludes halogenated alkanes) is 1. The van der Waals surface area contributed by atoms with Crippen LogP contribution in [0.4, 0.5) is 15.3 Å². The van der Waals surface area contributed by atoms with Crippen LogP contribution >= 0.6 is 0 Å². The molecule has 0 spiro atoms. The molecule has 0 aromatic heterocycles. The Morgan fingerprint density at radius 3 is 1.39 bits per heavy atom. The number of amides is 2. The van der Waals surface area contributed by atoms with Gasteiger partial charge in [0, 0.05) is 25.9 Å². The number of ether oxygens (including phenoxy) is 9. The average molecular weight is 1840 g/mol. The molecule has 13 rings (SSSR count). The van der Waals surface area contributed by atoms with E-state index in [9.17, 15) is 24.0 Å². The Labute approximate surface area is 802 Å². The average Bonchev–Trinajstić information content (AvgIpc) is 1.46. The van der Waals surface area contributed by atoms with Crippen LogP contribution in [0.25, 0.3) is 0 Å². The molecular formula is C114H191N3O15. The highest BCUT2D eigenvalue weighted by atomic mass is 16.7. The predicted molar refractivity (Wildman–Crippen MR) is 531 cm³/mol. The summed E-state index contributed by atoms with van der Waals surface area (Å²) in [4.78, 5) is 65.6. The molecule has 12 aliphatic rings. The molecule has 12 aliphatic carbocycles. The van der Waals surface area contributed by atoms with Crippen LogP contribution in [0.3, 0.4) is 0 Å². The lowest BCUT2D eigenvalue weighted by molar-refractivity contribution is -0.149. The van der Waals surface area contributed by atoms with E-state index in [1.165, 1.54) is 173 Å². The number of esters is 2. The quantitative estimate of drug-likeness (QED) is 0.0182. The molecule has 10 saturated carbocycles. The number of alkyl carbamates (subject to hydrolysis) is 2. The zero-order valence-corrected chi connectivity index (χ0v) is 86.9. The highest BCUT2D eigenvalue weighted by Crippen LogP contribution is 2.72. The Bertz CT molecular complexity index is 3750. The summed E-state index contributed by atoms with van der Waals surface area (Å²) >= 11 is 0. The largest absolute Gasteiger partial charge is 0.463 e. The summed E-state index contributed by atoms with van der Waals surface area (Å²) in [7, 11) is 0.